The SMILES string of the molecule is CCOC(=O)c1c(N2CCN(C(=O)C3=CCCS3)CC2)c2ccccc2n(C2CCCC2)c1=O. The monoisotopic (exact) mass is 481 g/mol. The summed E-state index contributed by atoms with van der Waals surface area (Å²) in [6, 6.07) is 7.98. The predicted octanol–water partition coefficient (Wildman–Crippen LogP) is 3.96. The molecule has 1 aromatic heterocycles. The molecule has 180 valence electrons. The van der Waals surface area contributed by atoms with Gasteiger partial charge in [0.25, 0.3) is 11.5 Å². The van der Waals surface area contributed by atoms with E-state index in [0.29, 0.717) is 31.9 Å². The third kappa shape index (κ3) is 4.13. The first-order chi connectivity index (χ1) is 16.6. The topological polar surface area (TPSA) is 71.8 Å². The second-order valence-electron chi connectivity index (χ2n) is 9.06. The van der Waals surface area contributed by atoms with Crippen molar-refractivity contribution < 1.29 is 14.3 Å². The van der Waals surface area contributed by atoms with E-state index in [9.17, 15) is 14.4 Å². The van der Waals surface area contributed by atoms with Crippen LogP contribution in [-0.2, 0) is 9.53 Å². The highest BCUT2D eigenvalue weighted by Gasteiger charge is 2.32. The minimum Gasteiger partial charge on any atom is -0.462 e. The zero-order chi connectivity index (χ0) is 23.7. The van der Waals surface area contributed by atoms with Crippen LogP contribution in [0.2, 0.25) is 0 Å². The smallest absolute Gasteiger partial charge is 0.345 e. The van der Waals surface area contributed by atoms with E-state index in [1.54, 1.807) is 18.7 Å². The van der Waals surface area contributed by atoms with Gasteiger partial charge in [0.2, 0.25) is 0 Å². The average molecular weight is 482 g/mol. The van der Waals surface area contributed by atoms with Crippen LogP contribution in [0.1, 0.15) is 55.4 Å². The number of allylic oxidation sites excluding steroid dienone is 1. The van der Waals surface area contributed by atoms with Gasteiger partial charge in [0.1, 0.15) is 5.56 Å². The van der Waals surface area contributed by atoms with Gasteiger partial charge in [0.15, 0.2) is 0 Å². The van der Waals surface area contributed by atoms with Crippen molar-refractivity contribution in [3.8, 4) is 0 Å². The lowest BCUT2D eigenvalue weighted by molar-refractivity contribution is -0.126. The maximum Gasteiger partial charge on any atom is 0.345 e. The van der Waals surface area contributed by atoms with Crippen LogP contribution in [0.3, 0.4) is 0 Å². The van der Waals surface area contributed by atoms with Crippen molar-refractivity contribution in [3.05, 3.63) is 51.2 Å². The number of pyridine rings is 1. The fourth-order valence-corrected chi connectivity index (χ4v) is 6.39. The third-order valence-electron chi connectivity index (χ3n) is 7.06. The molecule has 0 unspecified atom stereocenters. The number of anilines is 1. The van der Waals surface area contributed by atoms with Crippen molar-refractivity contribution in [2.45, 2.75) is 45.1 Å². The molecule has 1 aliphatic carbocycles. The number of thioether (sulfide) groups is 1. The fourth-order valence-electron chi connectivity index (χ4n) is 5.45. The van der Waals surface area contributed by atoms with Crippen molar-refractivity contribution >= 4 is 40.2 Å². The zero-order valence-electron chi connectivity index (χ0n) is 19.6. The number of ether oxygens (including phenoxy) is 1. The summed E-state index contributed by atoms with van der Waals surface area (Å²) < 4.78 is 7.21. The first-order valence-electron chi connectivity index (χ1n) is 12.3. The lowest BCUT2D eigenvalue weighted by atomic mass is 10.0. The number of hydrogen-bond acceptors (Lipinski definition) is 6. The maximum atomic E-state index is 13.9. The van der Waals surface area contributed by atoms with Crippen LogP contribution in [0.15, 0.2) is 40.0 Å². The van der Waals surface area contributed by atoms with Crippen LogP contribution in [-0.4, -0.2) is 59.9 Å². The number of fused-ring (bicyclic) bond motifs is 1. The van der Waals surface area contributed by atoms with Crippen molar-refractivity contribution in [2.75, 3.05) is 43.4 Å². The second-order valence-corrected chi connectivity index (χ2v) is 10.2. The molecule has 2 aromatic rings. The van der Waals surface area contributed by atoms with Gasteiger partial charge in [-0.3, -0.25) is 9.59 Å². The standard InChI is InChI=1S/C26H31N3O4S/c1-2-33-26(32)22-23(27-13-15-28(16-14-27)24(30)21-12-7-17-34-21)19-10-5-6-11-20(19)29(25(22)31)18-8-3-4-9-18/h5-6,10-12,18H,2-4,7-9,13-17H2,1H3. The molecule has 2 fully saturated rings. The van der Waals surface area contributed by atoms with Crippen molar-refractivity contribution in [2.24, 2.45) is 0 Å². The first-order valence-corrected chi connectivity index (χ1v) is 13.3. The minimum absolute atomic E-state index is 0.0919. The molecule has 0 N–H and O–H groups in total. The van der Waals surface area contributed by atoms with Gasteiger partial charge in [-0.05, 0) is 32.3 Å². The Hall–Kier alpha value is -2.74. The van der Waals surface area contributed by atoms with Crippen LogP contribution >= 0.6 is 11.8 Å². The van der Waals surface area contributed by atoms with Crippen molar-refractivity contribution in [1.29, 1.82) is 0 Å². The Morgan fingerprint density at radius 2 is 1.82 bits per heavy atom. The van der Waals surface area contributed by atoms with E-state index < -0.39 is 5.97 Å². The van der Waals surface area contributed by atoms with Gasteiger partial charge in [-0.2, -0.15) is 0 Å². The number of benzene rings is 1. The highest BCUT2D eigenvalue weighted by atomic mass is 32.2. The molecule has 0 spiro atoms. The van der Waals surface area contributed by atoms with Crippen LogP contribution in [0.5, 0.6) is 0 Å². The van der Waals surface area contributed by atoms with Gasteiger partial charge in [-0.15, -0.1) is 11.8 Å². The molecule has 1 saturated carbocycles. The van der Waals surface area contributed by atoms with E-state index in [-0.39, 0.29) is 29.7 Å². The average Bonchev–Trinajstić information content (AvgIpc) is 3.58. The van der Waals surface area contributed by atoms with Gasteiger partial charge in [0, 0.05) is 43.4 Å². The van der Waals surface area contributed by atoms with E-state index in [2.05, 4.69) is 4.90 Å². The number of piperazine rings is 1. The molecule has 5 rings (SSSR count). The molecule has 8 heteroatoms. The molecular formula is C26H31N3O4S. The molecule has 3 heterocycles. The Labute approximate surface area is 203 Å². The third-order valence-corrected chi connectivity index (χ3v) is 8.15. The van der Waals surface area contributed by atoms with Crippen LogP contribution in [0, 0.1) is 0 Å². The van der Waals surface area contributed by atoms with E-state index in [0.717, 1.165) is 53.7 Å². The molecule has 0 atom stereocenters. The lowest BCUT2D eigenvalue weighted by Gasteiger charge is -2.37. The van der Waals surface area contributed by atoms with Crippen molar-refractivity contribution in [1.82, 2.24) is 9.47 Å². The van der Waals surface area contributed by atoms with E-state index >= 15 is 0 Å². The van der Waals surface area contributed by atoms with Crippen molar-refractivity contribution in [3.63, 3.8) is 0 Å². The predicted molar refractivity (Wildman–Crippen MR) is 136 cm³/mol. The quantitative estimate of drug-likeness (QED) is 0.602. The number of nitrogens with zero attached hydrogens (tertiary/aromatic N) is 3. The Morgan fingerprint density at radius 1 is 1.09 bits per heavy atom. The molecule has 0 radical (unpaired) electrons. The van der Waals surface area contributed by atoms with Crippen LogP contribution in [0.4, 0.5) is 5.69 Å². The molecule has 1 aromatic carbocycles. The Balaban J connectivity index is 1.56. The van der Waals surface area contributed by atoms with Gasteiger partial charge >= 0.3 is 5.97 Å². The Morgan fingerprint density at radius 3 is 2.50 bits per heavy atom. The van der Waals surface area contributed by atoms with Gasteiger partial charge in [0.05, 0.1) is 22.7 Å². The molecular weight excluding hydrogens is 450 g/mol. The van der Waals surface area contributed by atoms with Gasteiger partial charge < -0.3 is 19.1 Å². The summed E-state index contributed by atoms with van der Waals surface area (Å²) in [5.74, 6) is 0.494. The molecule has 7 nitrogen and oxygen atoms in total. The number of hydrogen-bond donors (Lipinski definition) is 0. The number of aromatic nitrogens is 1. The lowest BCUT2D eigenvalue weighted by Crippen LogP contribution is -2.50. The number of rotatable bonds is 5. The van der Waals surface area contributed by atoms with E-state index in [4.69, 9.17) is 4.74 Å². The number of amides is 1. The van der Waals surface area contributed by atoms with Gasteiger partial charge in [-0.1, -0.05) is 37.1 Å². The molecule has 2 aliphatic heterocycles. The zero-order valence-corrected chi connectivity index (χ0v) is 20.4. The summed E-state index contributed by atoms with van der Waals surface area (Å²) in [6.07, 6.45) is 7.03. The normalized spacial score (nSPS) is 19.0. The Bertz CT molecular complexity index is 1190. The largest absolute Gasteiger partial charge is 0.462 e. The Kier molecular flexibility index (Phi) is 6.68. The molecule has 1 amide bonds. The minimum atomic E-state index is -0.564. The molecule has 1 saturated heterocycles. The molecule has 3 aliphatic rings. The summed E-state index contributed by atoms with van der Waals surface area (Å²) in [7, 11) is 0. The summed E-state index contributed by atoms with van der Waals surface area (Å²) >= 11 is 1.62. The number of carbonyl (C=O) groups is 2. The van der Waals surface area contributed by atoms with Crippen LogP contribution < -0.4 is 10.5 Å². The molecule has 34 heavy (non-hydrogen) atoms. The highest BCUT2D eigenvalue weighted by molar-refractivity contribution is 8.04. The highest BCUT2D eigenvalue weighted by Crippen LogP contribution is 2.36. The number of esters is 1. The summed E-state index contributed by atoms with van der Waals surface area (Å²) in [4.78, 5) is 44.7. The summed E-state index contributed by atoms with van der Waals surface area (Å²) in [6.45, 7) is 4.20. The van der Waals surface area contributed by atoms with Crippen LogP contribution in [0.25, 0.3) is 10.9 Å². The second kappa shape index (κ2) is 9.86. The maximum absolute atomic E-state index is 13.9. The van der Waals surface area contributed by atoms with Gasteiger partial charge in [-0.25, -0.2) is 4.79 Å². The van der Waals surface area contributed by atoms with E-state index in [1.165, 1.54) is 0 Å². The summed E-state index contributed by atoms with van der Waals surface area (Å²) in [5, 5.41) is 0.894. The first kappa shape index (κ1) is 23.0. The number of carbonyl (C=O) groups excluding carboxylic acids is 2. The fraction of sp³-hybridized carbons (Fsp3) is 0.500. The molecule has 0 bridgehead atoms. The van der Waals surface area contributed by atoms with E-state index in [1.807, 2.05) is 39.8 Å². The summed E-state index contributed by atoms with van der Waals surface area (Å²) in [5.41, 5.74) is 1.38. The number of para-hydroxylation sites is 1.